The van der Waals surface area contributed by atoms with Crippen molar-refractivity contribution < 1.29 is 14.0 Å². The second kappa shape index (κ2) is 6.80. The van der Waals surface area contributed by atoms with E-state index in [-0.39, 0.29) is 30.1 Å². The van der Waals surface area contributed by atoms with E-state index in [9.17, 15) is 14.0 Å². The Kier molecular flexibility index (Phi) is 5.07. The Balaban J connectivity index is 1.87. The first-order valence-corrected chi connectivity index (χ1v) is 7.36. The van der Waals surface area contributed by atoms with Crippen LogP contribution in [0, 0.1) is 5.82 Å². The van der Waals surface area contributed by atoms with Crippen LogP contribution in [0.4, 0.5) is 4.39 Å². The molecule has 1 aliphatic rings. The molecule has 0 aromatic heterocycles. The van der Waals surface area contributed by atoms with Crippen LogP contribution in [0.1, 0.15) is 32.3 Å². The number of benzene rings is 1. The highest BCUT2D eigenvalue weighted by molar-refractivity contribution is 6.05. The number of rotatable bonds is 6. The van der Waals surface area contributed by atoms with E-state index in [1.807, 2.05) is 19.9 Å². The summed E-state index contributed by atoms with van der Waals surface area (Å²) in [6.45, 7) is 4.38. The van der Waals surface area contributed by atoms with E-state index in [2.05, 4.69) is 5.32 Å². The molecule has 1 aromatic rings. The first kappa shape index (κ1) is 15.6. The molecule has 1 saturated heterocycles. The van der Waals surface area contributed by atoms with Crippen LogP contribution in [-0.4, -0.2) is 35.3 Å². The lowest BCUT2D eigenvalue weighted by Crippen LogP contribution is -2.43. The van der Waals surface area contributed by atoms with Crippen molar-refractivity contribution in [3.05, 3.63) is 35.6 Å². The molecule has 0 spiro atoms. The molecular formula is C16H21FN2O2. The third kappa shape index (κ3) is 3.67. The molecule has 1 heterocycles. The van der Waals surface area contributed by atoms with Gasteiger partial charge in [0.1, 0.15) is 5.82 Å². The maximum Gasteiger partial charge on any atom is 0.247 e. The Morgan fingerprint density at radius 1 is 1.43 bits per heavy atom. The highest BCUT2D eigenvalue weighted by Crippen LogP contribution is 2.18. The number of carbonyl (C=O) groups is 2. The molecule has 2 amide bonds. The minimum atomic E-state index is -0.444. The zero-order chi connectivity index (χ0) is 15.4. The summed E-state index contributed by atoms with van der Waals surface area (Å²) in [5.41, 5.74) is 0.873. The van der Waals surface area contributed by atoms with E-state index in [0.29, 0.717) is 13.0 Å². The Bertz CT molecular complexity index is 533. The molecule has 1 N–H and O–H groups in total. The van der Waals surface area contributed by atoms with E-state index in [1.165, 1.54) is 17.0 Å². The van der Waals surface area contributed by atoms with Crippen molar-refractivity contribution in [3.63, 3.8) is 0 Å². The molecule has 1 fully saturated rings. The van der Waals surface area contributed by atoms with Crippen molar-refractivity contribution in [2.45, 2.75) is 45.2 Å². The summed E-state index contributed by atoms with van der Waals surface area (Å²) in [5.74, 6) is -0.520. The van der Waals surface area contributed by atoms with Crippen LogP contribution in [0.3, 0.4) is 0 Å². The molecule has 0 saturated carbocycles. The molecule has 0 bridgehead atoms. The first-order chi connectivity index (χ1) is 10.0. The van der Waals surface area contributed by atoms with Gasteiger partial charge >= 0.3 is 0 Å². The fourth-order valence-electron chi connectivity index (χ4n) is 2.54. The average molecular weight is 292 g/mol. The molecule has 2 atom stereocenters. The lowest BCUT2D eigenvalue weighted by molar-refractivity contribution is -0.141. The maximum absolute atomic E-state index is 13.1. The predicted molar refractivity (Wildman–Crippen MR) is 78.1 cm³/mol. The maximum atomic E-state index is 13.1. The first-order valence-electron chi connectivity index (χ1n) is 7.36. The van der Waals surface area contributed by atoms with Crippen molar-refractivity contribution in [1.82, 2.24) is 10.2 Å². The van der Waals surface area contributed by atoms with Gasteiger partial charge in [0, 0.05) is 6.04 Å². The monoisotopic (exact) mass is 292 g/mol. The van der Waals surface area contributed by atoms with Crippen LogP contribution in [0.2, 0.25) is 0 Å². The molecule has 0 radical (unpaired) electrons. The molecule has 2 rings (SSSR count). The van der Waals surface area contributed by atoms with Gasteiger partial charge in [0.05, 0.1) is 12.5 Å². The number of nitrogens with one attached hydrogen (secondary N) is 1. The van der Waals surface area contributed by atoms with E-state index >= 15 is 0 Å². The summed E-state index contributed by atoms with van der Waals surface area (Å²) in [6, 6.07) is 5.90. The predicted octanol–water partition coefficient (Wildman–Crippen LogP) is 1.88. The molecule has 0 aliphatic carbocycles. The second-order valence-corrected chi connectivity index (χ2v) is 5.45. The number of amides is 2. The molecule has 114 valence electrons. The molecule has 1 aromatic carbocycles. The van der Waals surface area contributed by atoms with E-state index in [4.69, 9.17) is 0 Å². The normalized spacial score (nSPS) is 20.1. The molecule has 4 nitrogen and oxygen atoms in total. The molecule has 2 unspecified atom stereocenters. The quantitative estimate of drug-likeness (QED) is 0.815. The van der Waals surface area contributed by atoms with Gasteiger partial charge in [-0.2, -0.15) is 0 Å². The molecule has 21 heavy (non-hydrogen) atoms. The zero-order valence-corrected chi connectivity index (χ0v) is 12.4. The smallest absolute Gasteiger partial charge is 0.247 e. The van der Waals surface area contributed by atoms with Crippen molar-refractivity contribution in [1.29, 1.82) is 0 Å². The molecule has 5 heteroatoms. The van der Waals surface area contributed by atoms with E-state index in [0.717, 1.165) is 12.0 Å². The van der Waals surface area contributed by atoms with Crippen LogP contribution >= 0.6 is 0 Å². The second-order valence-electron chi connectivity index (χ2n) is 5.45. The number of imide groups is 1. The van der Waals surface area contributed by atoms with Gasteiger partial charge in [-0.25, -0.2) is 4.39 Å². The lowest BCUT2D eigenvalue weighted by atomic mass is 10.1. The Hall–Kier alpha value is -1.75. The van der Waals surface area contributed by atoms with Crippen LogP contribution in [0.25, 0.3) is 0 Å². The van der Waals surface area contributed by atoms with Crippen molar-refractivity contribution in [2.24, 2.45) is 0 Å². The van der Waals surface area contributed by atoms with Crippen molar-refractivity contribution >= 4 is 11.8 Å². The molecular weight excluding hydrogens is 271 g/mol. The van der Waals surface area contributed by atoms with Crippen LogP contribution in [-0.2, 0) is 16.0 Å². The zero-order valence-electron chi connectivity index (χ0n) is 12.4. The third-order valence-corrected chi connectivity index (χ3v) is 3.91. The summed E-state index contributed by atoms with van der Waals surface area (Å²) in [4.78, 5) is 25.4. The lowest BCUT2D eigenvalue weighted by Gasteiger charge is -2.21. The summed E-state index contributed by atoms with van der Waals surface area (Å²) in [7, 11) is 0. The van der Waals surface area contributed by atoms with Crippen LogP contribution in [0.5, 0.6) is 0 Å². The number of halogens is 1. The standard InChI is InChI=1S/C16H21FN2O2/c1-3-11(2)19-15(20)10-14(16(19)21)18-8-7-12-5-4-6-13(17)9-12/h4-6,9,11,14,18H,3,7-8,10H2,1-2H3. The summed E-state index contributed by atoms with van der Waals surface area (Å²) in [6.07, 6.45) is 1.60. The van der Waals surface area contributed by atoms with Gasteiger partial charge in [0.25, 0.3) is 0 Å². The highest BCUT2D eigenvalue weighted by atomic mass is 19.1. The third-order valence-electron chi connectivity index (χ3n) is 3.91. The van der Waals surface area contributed by atoms with Crippen LogP contribution < -0.4 is 5.32 Å². The Morgan fingerprint density at radius 3 is 2.86 bits per heavy atom. The largest absolute Gasteiger partial charge is 0.305 e. The van der Waals surface area contributed by atoms with E-state index in [1.54, 1.807) is 6.07 Å². The number of hydrogen-bond acceptors (Lipinski definition) is 3. The van der Waals surface area contributed by atoms with Gasteiger partial charge in [0.15, 0.2) is 0 Å². The Labute approximate surface area is 124 Å². The minimum Gasteiger partial charge on any atom is -0.305 e. The summed E-state index contributed by atoms with van der Waals surface area (Å²) >= 11 is 0. The van der Waals surface area contributed by atoms with Gasteiger partial charge in [-0.05, 0) is 44.0 Å². The number of likely N-dealkylation sites (tertiary alicyclic amines) is 1. The van der Waals surface area contributed by atoms with E-state index < -0.39 is 6.04 Å². The average Bonchev–Trinajstić information content (AvgIpc) is 2.73. The number of nitrogens with zero attached hydrogens (tertiary/aromatic N) is 1. The fraction of sp³-hybridized carbons (Fsp3) is 0.500. The van der Waals surface area contributed by atoms with Gasteiger partial charge < -0.3 is 5.32 Å². The Morgan fingerprint density at radius 2 is 2.19 bits per heavy atom. The number of carbonyl (C=O) groups excluding carboxylic acids is 2. The van der Waals surface area contributed by atoms with Crippen LogP contribution in [0.15, 0.2) is 24.3 Å². The van der Waals surface area contributed by atoms with Crippen molar-refractivity contribution in [2.75, 3.05) is 6.54 Å². The highest BCUT2D eigenvalue weighted by Gasteiger charge is 2.40. The topological polar surface area (TPSA) is 49.4 Å². The minimum absolute atomic E-state index is 0.0555. The molecule has 1 aliphatic heterocycles. The summed E-state index contributed by atoms with van der Waals surface area (Å²) < 4.78 is 13.1. The summed E-state index contributed by atoms with van der Waals surface area (Å²) in [5, 5.41) is 3.10. The number of hydrogen-bond donors (Lipinski definition) is 1. The van der Waals surface area contributed by atoms with Gasteiger partial charge in [-0.15, -0.1) is 0 Å². The van der Waals surface area contributed by atoms with Gasteiger partial charge in [-0.3, -0.25) is 14.5 Å². The van der Waals surface area contributed by atoms with Crippen molar-refractivity contribution in [3.8, 4) is 0 Å². The van der Waals surface area contributed by atoms with Gasteiger partial charge in [-0.1, -0.05) is 19.1 Å². The van der Waals surface area contributed by atoms with Gasteiger partial charge in [0.2, 0.25) is 11.8 Å². The SMILES string of the molecule is CCC(C)N1C(=O)CC(NCCc2cccc(F)c2)C1=O. The fourth-order valence-corrected chi connectivity index (χ4v) is 2.54.